The van der Waals surface area contributed by atoms with E-state index in [2.05, 4.69) is 33.0 Å². The van der Waals surface area contributed by atoms with E-state index in [9.17, 15) is 4.79 Å². The van der Waals surface area contributed by atoms with Gasteiger partial charge in [0.1, 0.15) is 17.8 Å². The number of aromatic amines is 1. The Labute approximate surface area is 146 Å². The van der Waals surface area contributed by atoms with Crippen LogP contribution in [0.15, 0.2) is 18.6 Å². The average Bonchev–Trinajstić information content (AvgIpc) is 3.31. The fourth-order valence-electron chi connectivity index (χ4n) is 4.42. The summed E-state index contributed by atoms with van der Waals surface area (Å²) in [6.07, 6.45) is 6.33. The predicted octanol–water partition coefficient (Wildman–Crippen LogP) is 1.93. The molecule has 2 aromatic rings. The lowest BCUT2D eigenvalue weighted by Crippen LogP contribution is -2.34. The number of hydrogen-bond donors (Lipinski definition) is 1. The molecule has 3 heterocycles. The van der Waals surface area contributed by atoms with E-state index in [1.807, 2.05) is 17.2 Å². The quantitative estimate of drug-likeness (QED) is 0.920. The maximum Gasteiger partial charge on any atom is 0.223 e. The van der Waals surface area contributed by atoms with Crippen LogP contribution in [0.25, 0.3) is 11.0 Å². The van der Waals surface area contributed by atoms with Crippen LogP contribution < -0.4 is 4.90 Å². The molecular formula is C18H22N6O. The van der Waals surface area contributed by atoms with Gasteiger partial charge in [-0.05, 0) is 30.7 Å². The van der Waals surface area contributed by atoms with Crippen LogP contribution in [0.1, 0.15) is 25.7 Å². The molecule has 0 bridgehead atoms. The fraction of sp³-hybridized carbons (Fsp3) is 0.556. The molecule has 1 saturated carbocycles. The number of nitrogens with one attached hydrogen (secondary N) is 1. The third-order valence-corrected chi connectivity index (χ3v) is 5.74. The second-order valence-corrected chi connectivity index (χ2v) is 7.15. The van der Waals surface area contributed by atoms with E-state index in [0.717, 1.165) is 42.8 Å². The molecule has 1 aliphatic carbocycles. The van der Waals surface area contributed by atoms with E-state index in [4.69, 9.17) is 5.26 Å². The summed E-state index contributed by atoms with van der Waals surface area (Å²) in [7, 11) is 2.11. The maximum absolute atomic E-state index is 12.1. The number of carbonyl (C=O) groups excluding carboxylic acids is 1. The molecule has 0 spiro atoms. The molecule has 1 N–H and O–H groups in total. The van der Waals surface area contributed by atoms with Crippen molar-refractivity contribution in [2.75, 3.05) is 25.0 Å². The second kappa shape index (κ2) is 6.36. The monoisotopic (exact) mass is 338 g/mol. The molecule has 0 radical (unpaired) electrons. The number of hydrogen-bond acceptors (Lipinski definition) is 5. The third-order valence-electron chi connectivity index (χ3n) is 5.74. The Morgan fingerprint density at radius 3 is 2.88 bits per heavy atom. The van der Waals surface area contributed by atoms with Gasteiger partial charge in [-0.25, -0.2) is 9.97 Å². The van der Waals surface area contributed by atoms with Crippen molar-refractivity contribution in [3.8, 4) is 6.07 Å². The van der Waals surface area contributed by atoms with Crippen LogP contribution in [0.5, 0.6) is 0 Å². The summed E-state index contributed by atoms with van der Waals surface area (Å²) in [5, 5.41) is 9.70. The zero-order chi connectivity index (χ0) is 17.4. The van der Waals surface area contributed by atoms with Crippen LogP contribution in [0.2, 0.25) is 0 Å². The zero-order valence-corrected chi connectivity index (χ0v) is 14.4. The van der Waals surface area contributed by atoms with Gasteiger partial charge in [-0.2, -0.15) is 5.26 Å². The van der Waals surface area contributed by atoms with Crippen molar-refractivity contribution >= 4 is 22.8 Å². The summed E-state index contributed by atoms with van der Waals surface area (Å²) in [6, 6.07) is 4.52. The number of fused-ring (bicyclic) bond motifs is 2. The van der Waals surface area contributed by atoms with Gasteiger partial charge in [-0.3, -0.25) is 4.79 Å². The Morgan fingerprint density at radius 1 is 1.40 bits per heavy atom. The number of carbonyl (C=O) groups is 1. The summed E-state index contributed by atoms with van der Waals surface area (Å²) in [5.41, 5.74) is 0.865. The average molecular weight is 338 g/mol. The van der Waals surface area contributed by atoms with Gasteiger partial charge in [0, 0.05) is 45.2 Å². The highest BCUT2D eigenvalue weighted by atomic mass is 16.2. The normalized spacial score (nSPS) is 25.1. The molecule has 4 rings (SSSR count). The maximum atomic E-state index is 12.1. The Hall–Kier alpha value is -2.62. The lowest BCUT2D eigenvalue weighted by Gasteiger charge is -2.28. The molecule has 2 fully saturated rings. The minimum atomic E-state index is 0.130. The first kappa shape index (κ1) is 15.9. The van der Waals surface area contributed by atoms with E-state index in [-0.39, 0.29) is 5.91 Å². The van der Waals surface area contributed by atoms with Crippen molar-refractivity contribution in [3.05, 3.63) is 18.6 Å². The number of H-pyrrole nitrogens is 1. The van der Waals surface area contributed by atoms with Crippen LogP contribution >= 0.6 is 0 Å². The first-order valence-corrected chi connectivity index (χ1v) is 8.83. The number of anilines is 1. The highest BCUT2D eigenvalue weighted by molar-refractivity contribution is 5.87. The van der Waals surface area contributed by atoms with Gasteiger partial charge in [0.2, 0.25) is 5.91 Å². The molecule has 2 aromatic heterocycles. The molecule has 1 aliphatic heterocycles. The molecule has 1 amide bonds. The minimum Gasteiger partial charge on any atom is -0.356 e. The number of nitriles is 1. The summed E-state index contributed by atoms with van der Waals surface area (Å²) in [4.78, 5) is 28.3. The van der Waals surface area contributed by atoms with E-state index < -0.39 is 0 Å². The van der Waals surface area contributed by atoms with E-state index >= 15 is 0 Å². The summed E-state index contributed by atoms with van der Waals surface area (Å²) < 4.78 is 0. The van der Waals surface area contributed by atoms with Crippen LogP contribution in [0.3, 0.4) is 0 Å². The molecular weight excluding hydrogens is 316 g/mol. The highest BCUT2D eigenvalue weighted by Crippen LogP contribution is 2.41. The van der Waals surface area contributed by atoms with Crippen molar-refractivity contribution in [3.63, 3.8) is 0 Å². The van der Waals surface area contributed by atoms with Crippen molar-refractivity contribution in [1.82, 2.24) is 19.9 Å². The number of aromatic nitrogens is 3. The van der Waals surface area contributed by atoms with Crippen LogP contribution in [0, 0.1) is 23.2 Å². The molecule has 7 nitrogen and oxygen atoms in total. The van der Waals surface area contributed by atoms with Crippen molar-refractivity contribution in [1.29, 1.82) is 5.26 Å². The Morgan fingerprint density at radius 2 is 2.16 bits per heavy atom. The van der Waals surface area contributed by atoms with Gasteiger partial charge in [-0.1, -0.05) is 0 Å². The zero-order valence-electron chi connectivity index (χ0n) is 14.4. The fourth-order valence-corrected chi connectivity index (χ4v) is 4.42. The van der Waals surface area contributed by atoms with Crippen LogP contribution in [-0.2, 0) is 4.79 Å². The first-order chi connectivity index (χ1) is 12.2. The Bertz CT molecular complexity index is 810. The van der Waals surface area contributed by atoms with Gasteiger partial charge in [0.05, 0.1) is 11.5 Å². The Balaban J connectivity index is 1.42. The molecule has 3 atom stereocenters. The van der Waals surface area contributed by atoms with Crippen molar-refractivity contribution < 1.29 is 4.79 Å². The molecule has 130 valence electrons. The number of likely N-dealkylation sites (tertiary alicyclic amines) is 1. The SMILES string of the molecule is CN(c1ncnc2[nH]ccc12)C1C[C@@H]2CN(C(=O)CCC#N)C[C@@H]2C1. The first-order valence-electron chi connectivity index (χ1n) is 8.83. The Kier molecular flexibility index (Phi) is 4.04. The number of rotatable bonds is 4. The molecule has 25 heavy (non-hydrogen) atoms. The number of amides is 1. The largest absolute Gasteiger partial charge is 0.356 e. The summed E-state index contributed by atoms with van der Waals surface area (Å²) >= 11 is 0. The molecule has 1 unspecified atom stereocenters. The summed E-state index contributed by atoms with van der Waals surface area (Å²) in [5.74, 6) is 2.22. The lowest BCUT2D eigenvalue weighted by atomic mass is 10.0. The van der Waals surface area contributed by atoms with Gasteiger partial charge < -0.3 is 14.8 Å². The standard InChI is InChI=1S/C18H22N6O/c1-23(18-15-4-6-20-17(15)21-11-22-18)14-7-12-9-24(10-13(12)8-14)16(25)3-2-5-19/h4,6,11-14H,2-3,7-10H2,1H3,(H,20,21,22)/t12-,13+,14?. The molecule has 7 heteroatoms. The second-order valence-electron chi connectivity index (χ2n) is 7.15. The molecule has 2 aliphatic rings. The van der Waals surface area contributed by atoms with Gasteiger partial charge >= 0.3 is 0 Å². The van der Waals surface area contributed by atoms with Gasteiger partial charge in [-0.15, -0.1) is 0 Å². The smallest absolute Gasteiger partial charge is 0.223 e. The predicted molar refractivity (Wildman–Crippen MR) is 93.7 cm³/mol. The lowest BCUT2D eigenvalue weighted by molar-refractivity contribution is -0.130. The van der Waals surface area contributed by atoms with E-state index in [0.29, 0.717) is 30.7 Å². The number of nitrogens with zero attached hydrogens (tertiary/aromatic N) is 5. The van der Waals surface area contributed by atoms with E-state index in [1.165, 1.54) is 0 Å². The highest BCUT2D eigenvalue weighted by Gasteiger charge is 2.43. The summed E-state index contributed by atoms with van der Waals surface area (Å²) in [6.45, 7) is 1.67. The third kappa shape index (κ3) is 2.82. The van der Waals surface area contributed by atoms with Crippen LogP contribution in [0.4, 0.5) is 5.82 Å². The van der Waals surface area contributed by atoms with Crippen molar-refractivity contribution in [2.24, 2.45) is 11.8 Å². The van der Waals surface area contributed by atoms with E-state index in [1.54, 1.807) is 6.33 Å². The van der Waals surface area contributed by atoms with Gasteiger partial charge in [0.25, 0.3) is 0 Å². The molecule has 1 saturated heterocycles. The van der Waals surface area contributed by atoms with Crippen LogP contribution in [-0.4, -0.2) is 51.9 Å². The van der Waals surface area contributed by atoms with Crippen molar-refractivity contribution in [2.45, 2.75) is 31.7 Å². The topological polar surface area (TPSA) is 88.9 Å². The van der Waals surface area contributed by atoms with Gasteiger partial charge in [0.15, 0.2) is 0 Å². The minimum absolute atomic E-state index is 0.130. The molecule has 0 aromatic carbocycles.